The highest BCUT2D eigenvalue weighted by atomic mass is 15.2. The highest BCUT2D eigenvalue weighted by Crippen LogP contribution is 2.32. The Morgan fingerprint density at radius 1 is 1.22 bits per heavy atom. The molecule has 0 bridgehead atoms. The van der Waals surface area contributed by atoms with Gasteiger partial charge in [-0.3, -0.25) is 4.90 Å². The van der Waals surface area contributed by atoms with Gasteiger partial charge in [-0.15, -0.1) is 0 Å². The third kappa shape index (κ3) is 3.06. The first-order chi connectivity index (χ1) is 8.70. The van der Waals surface area contributed by atoms with Crippen molar-refractivity contribution >= 4 is 0 Å². The Bertz CT molecular complexity index is 256. The monoisotopic (exact) mass is 253 g/mol. The summed E-state index contributed by atoms with van der Waals surface area (Å²) < 4.78 is 0. The maximum atomic E-state index is 6.19. The second-order valence-corrected chi connectivity index (χ2v) is 6.46. The predicted octanol–water partition coefficient (Wildman–Crippen LogP) is 1.92. The molecule has 2 saturated heterocycles. The predicted molar refractivity (Wildman–Crippen MR) is 77.7 cm³/mol. The van der Waals surface area contributed by atoms with Crippen molar-refractivity contribution in [2.75, 3.05) is 39.3 Å². The van der Waals surface area contributed by atoms with Gasteiger partial charge in [0.25, 0.3) is 0 Å². The first-order valence-electron chi connectivity index (χ1n) is 7.87. The minimum Gasteiger partial charge on any atom is -0.329 e. The van der Waals surface area contributed by atoms with Crippen LogP contribution in [0.2, 0.25) is 0 Å². The zero-order valence-corrected chi connectivity index (χ0v) is 12.3. The topological polar surface area (TPSA) is 32.5 Å². The molecule has 0 spiro atoms. The molecule has 3 heteroatoms. The molecule has 0 amide bonds. The van der Waals surface area contributed by atoms with Crippen LogP contribution >= 0.6 is 0 Å². The molecule has 2 atom stereocenters. The molecule has 2 heterocycles. The van der Waals surface area contributed by atoms with Crippen molar-refractivity contribution in [3.63, 3.8) is 0 Å². The molecule has 0 aliphatic carbocycles. The largest absolute Gasteiger partial charge is 0.329 e. The second-order valence-electron chi connectivity index (χ2n) is 6.46. The van der Waals surface area contributed by atoms with Crippen LogP contribution in [0.4, 0.5) is 0 Å². The van der Waals surface area contributed by atoms with Gasteiger partial charge >= 0.3 is 0 Å². The molecule has 106 valence electrons. The number of nitrogens with two attached hydrogens (primary N) is 1. The first kappa shape index (κ1) is 14.3. The summed E-state index contributed by atoms with van der Waals surface area (Å²) in [6.07, 6.45) is 6.53. The van der Waals surface area contributed by atoms with Crippen LogP contribution in [-0.2, 0) is 0 Å². The molecular formula is C15H31N3. The van der Waals surface area contributed by atoms with Crippen molar-refractivity contribution in [3.05, 3.63) is 0 Å². The molecule has 2 aliphatic rings. The number of rotatable bonds is 4. The molecule has 0 aromatic heterocycles. The van der Waals surface area contributed by atoms with Gasteiger partial charge in [0.1, 0.15) is 0 Å². The van der Waals surface area contributed by atoms with Gasteiger partial charge in [-0.2, -0.15) is 0 Å². The van der Waals surface area contributed by atoms with Crippen molar-refractivity contribution in [2.45, 2.75) is 51.5 Å². The highest BCUT2D eigenvalue weighted by molar-refractivity contribution is 4.97. The highest BCUT2D eigenvalue weighted by Gasteiger charge is 2.39. The molecule has 2 fully saturated rings. The standard InChI is InChI=1S/C15H31N3/c1-3-8-17-9-4-6-15(13-16,7-11-17)18-10-5-14(2)12-18/h14H,3-13,16H2,1-2H3. The Labute approximate surface area is 113 Å². The fourth-order valence-electron chi connectivity index (χ4n) is 3.79. The van der Waals surface area contributed by atoms with E-state index in [1.807, 2.05) is 0 Å². The summed E-state index contributed by atoms with van der Waals surface area (Å²) >= 11 is 0. The maximum absolute atomic E-state index is 6.19. The first-order valence-corrected chi connectivity index (χ1v) is 7.87. The molecule has 2 aliphatic heterocycles. The van der Waals surface area contributed by atoms with E-state index in [2.05, 4.69) is 23.6 Å². The van der Waals surface area contributed by atoms with Gasteiger partial charge < -0.3 is 10.6 Å². The van der Waals surface area contributed by atoms with E-state index >= 15 is 0 Å². The third-order valence-corrected chi connectivity index (χ3v) is 5.02. The van der Waals surface area contributed by atoms with E-state index in [0.29, 0.717) is 5.54 Å². The SMILES string of the molecule is CCCN1CCCC(CN)(N2CCC(C)C2)CC1. The molecular weight excluding hydrogens is 222 g/mol. The Morgan fingerprint density at radius 2 is 2.06 bits per heavy atom. The van der Waals surface area contributed by atoms with Gasteiger partial charge in [0.2, 0.25) is 0 Å². The lowest BCUT2D eigenvalue weighted by atomic mass is 9.88. The molecule has 0 aromatic rings. The Kier molecular flexibility index (Phi) is 5.05. The van der Waals surface area contributed by atoms with Crippen LogP contribution in [0.25, 0.3) is 0 Å². The van der Waals surface area contributed by atoms with Crippen molar-refractivity contribution in [1.29, 1.82) is 0 Å². The summed E-state index contributed by atoms with van der Waals surface area (Å²) in [5.74, 6) is 0.864. The number of likely N-dealkylation sites (tertiary alicyclic amines) is 2. The Hall–Kier alpha value is -0.120. The average Bonchev–Trinajstić information content (AvgIpc) is 2.70. The normalized spacial score (nSPS) is 35.8. The number of hydrogen-bond donors (Lipinski definition) is 1. The molecule has 0 radical (unpaired) electrons. The molecule has 18 heavy (non-hydrogen) atoms. The number of nitrogens with zero attached hydrogens (tertiary/aromatic N) is 2. The fourth-order valence-corrected chi connectivity index (χ4v) is 3.79. The zero-order valence-electron chi connectivity index (χ0n) is 12.3. The minimum atomic E-state index is 0.313. The minimum absolute atomic E-state index is 0.313. The molecule has 2 unspecified atom stereocenters. The molecule has 3 nitrogen and oxygen atoms in total. The van der Waals surface area contributed by atoms with Crippen LogP contribution in [0.5, 0.6) is 0 Å². The van der Waals surface area contributed by atoms with E-state index < -0.39 is 0 Å². The lowest BCUT2D eigenvalue weighted by molar-refractivity contribution is 0.101. The summed E-state index contributed by atoms with van der Waals surface area (Å²) in [7, 11) is 0. The maximum Gasteiger partial charge on any atom is 0.0344 e. The lowest BCUT2D eigenvalue weighted by Crippen LogP contribution is -2.53. The summed E-state index contributed by atoms with van der Waals surface area (Å²) in [6.45, 7) is 11.8. The van der Waals surface area contributed by atoms with E-state index in [4.69, 9.17) is 5.73 Å². The van der Waals surface area contributed by atoms with Gasteiger partial charge in [-0.25, -0.2) is 0 Å². The summed E-state index contributed by atoms with van der Waals surface area (Å²) in [5.41, 5.74) is 6.50. The van der Waals surface area contributed by atoms with E-state index in [1.54, 1.807) is 0 Å². The Morgan fingerprint density at radius 3 is 2.67 bits per heavy atom. The molecule has 0 saturated carbocycles. The van der Waals surface area contributed by atoms with E-state index in [0.717, 1.165) is 12.5 Å². The van der Waals surface area contributed by atoms with Crippen LogP contribution in [0, 0.1) is 5.92 Å². The third-order valence-electron chi connectivity index (χ3n) is 5.02. The summed E-state index contributed by atoms with van der Waals surface area (Å²) in [6, 6.07) is 0. The van der Waals surface area contributed by atoms with Gasteiger partial charge in [-0.05, 0) is 64.2 Å². The van der Waals surface area contributed by atoms with Crippen LogP contribution in [-0.4, -0.2) is 54.6 Å². The quantitative estimate of drug-likeness (QED) is 0.831. The molecule has 0 aromatic carbocycles. The smallest absolute Gasteiger partial charge is 0.0344 e. The summed E-state index contributed by atoms with van der Waals surface area (Å²) in [5, 5.41) is 0. The number of hydrogen-bond acceptors (Lipinski definition) is 3. The Balaban J connectivity index is 1.99. The van der Waals surface area contributed by atoms with Gasteiger partial charge in [0.05, 0.1) is 0 Å². The zero-order chi connectivity index (χ0) is 13.0. The van der Waals surface area contributed by atoms with Gasteiger partial charge in [0, 0.05) is 18.6 Å². The average molecular weight is 253 g/mol. The lowest BCUT2D eigenvalue weighted by Gasteiger charge is -2.41. The molecule has 2 N–H and O–H groups in total. The van der Waals surface area contributed by atoms with E-state index in [1.165, 1.54) is 64.8 Å². The van der Waals surface area contributed by atoms with Gasteiger partial charge in [0.15, 0.2) is 0 Å². The van der Waals surface area contributed by atoms with Crippen LogP contribution < -0.4 is 5.73 Å². The fraction of sp³-hybridized carbons (Fsp3) is 1.00. The van der Waals surface area contributed by atoms with Crippen LogP contribution in [0.15, 0.2) is 0 Å². The summed E-state index contributed by atoms with van der Waals surface area (Å²) in [4.78, 5) is 5.35. The van der Waals surface area contributed by atoms with Crippen LogP contribution in [0.1, 0.15) is 46.0 Å². The van der Waals surface area contributed by atoms with Crippen molar-refractivity contribution in [3.8, 4) is 0 Å². The second kappa shape index (κ2) is 6.36. The van der Waals surface area contributed by atoms with E-state index in [-0.39, 0.29) is 0 Å². The van der Waals surface area contributed by atoms with E-state index in [9.17, 15) is 0 Å². The van der Waals surface area contributed by atoms with Crippen LogP contribution in [0.3, 0.4) is 0 Å². The molecule has 2 rings (SSSR count). The van der Waals surface area contributed by atoms with Crippen molar-refractivity contribution in [1.82, 2.24) is 9.80 Å². The van der Waals surface area contributed by atoms with Gasteiger partial charge in [-0.1, -0.05) is 13.8 Å². The van der Waals surface area contributed by atoms with Crippen molar-refractivity contribution in [2.24, 2.45) is 11.7 Å². The van der Waals surface area contributed by atoms with Crippen molar-refractivity contribution < 1.29 is 0 Å².